The molecule has 0 amide bonds. The molecular weight excluding hydrogens is 498 g/mol. The highest BCUT2D eigenvalue weighted by atomic mass is 28.5. The number of ether oxygens (including phenoxy) is 1. The summed E-state index contributed by atoms with van der Waals surface area (Å²) in [4.78, 5) is 23.4. The van der Waals surface area contributed by atoms with Crippen molar-refractivity contribution in [2.24, 2.45) is 5.41 Å². The quantitative estimate of drug-likeness (QED) is 0.245. The van der Waals surface area contributed by atoms with Gasteiger partial charge < -0.3 is 22.2 Å². The van der Waals surface area contributed by atoms with Crippen LogP contribution in [0, 0.1) is 5.41 Å². The van der Waals surface area contributed by atoms with E-state index in [2.05, 4.69) is 0 Å². The molecular formula is C18H37F3O7Si4. The van der Waals surface area contributed by atoms with Gasteiger partial charge in [0, 0.05) is 12.2 Å². The second-order valence-corrected chi connectivity index (χ2v) is 24.5. The van der Waals surface area contributed by atoms with Crippen molar-refractivity contribution in [3.63, 3.8) is 0 Å². The molecule has 1 N–H and O–H groups in total. The second kappa shape index (κ2) is 10.6. The monoisotopic (exact) mass is 534 g/mol. The molecule has 0 aliphatic rings. The van der Waals surface area contributed by atoms with Crippen LogP contribution in [0.25, 0.3) is 0 Å². The third kappa shape index (κ3) is 11.4. The van der Waals surface area contributed by atoms with E-state index in [0.717, 1.165) is 0 Å². The number of carboxylic acid groups (broad SMARTS) is 1. The number of carbonyl (C=O) groups excluding carboxylic acids is 1. The van der Waals surface area contributed by atoms with Crippen LogP contribution in [-0.2, 0) is 26.7 Å². The number of halogens is 3. The molecule has 1 atom stereocenters. The predicted octanol–water partition coefficient (Wildman–Crippen LogP) is 3.78. The third-order valence-corrected chi connectivity index (χ3v) is 14.4. The molecule has 14 heteroatoms. The molecule has 0 radical (unpaired) electrons. The van der Waals surface area contributed by atoms with Crippen molar-refractivity contribution in [2.75, 3.05) is 0 Å². The van der Waals surface area contributed by atoms with E-state index in [0.29, 0.717) is 12.2 Å². The van der Waals surface area contributed by atoms with Crippen LogP contribution in [0.15, 0.2) is 12.2 Å². The van der Waals surface area contributed by atoms with Crippen molar-refractivity contribution < 1.29 is 44.9 Å². The van der Waals surface area contributed by atoms with Crippen LogP contribution >= 0.6 is 0 Å². The molecule has 1 unspecified atom stereocenters. The lowest BCUT2D eigenvalue weighted by Crippen LogP contribution is -2.73. The largest absolute Gasteiger partial charge is 0.515 e. The van der Waals surface area contributed by atoms with E-state index in [9.17, 15) is 22.8 Å². The number of carbonyl (C=O) groups is 2. The minimum Gasteiger partial charge on any atom is -0.478 e. The van der Waals surface area contributed by atoms with E-state index in [1.165, 1.54) is 0 Å². The number of hydrogen-bond donors (Lipinski definition) is 1. The number of alkyl halides is 3. The van der Waals surface area contributed by atoms with Gasteiger partial charge in [-0.2, -0.15) is 13.2 Å². The number of hydrogen-bond acceptors (Lipinski definition) is 6. The van der Waals surface area contributed by atoms with E-state index in [4.69, 9.17) is 22.2 Å². The first-order chi connectivity index (χ1) is 13.9. The molecule has 0 aromatic carbocycles. The minimum atomic E-state index is -4.74. The Kier molecular flexibility index (Phi) is 10.4. The minimum absolute atomic E-state index is 0.0182. The number of carboxylic acids is 1. The number of esters is 1. The predicted molar refractivity (Wildman–Crippen MR) is 126 cm³/mol. The van der Waals surface area contributed by atoms with Crippen LogP contribution in [0.1, 0.15) is 33.6 Å². The van der Waals surface area contributed by atoms with Gasteiger partial charge in [0.1, 0.15) is 10.5 Å². The van der Waals surface area contributed by atoms with Gasteiger partial charge in [0.2, 0.25) is 0 Å². The van der Waals surface area contributed by atoms with Gasteiger partial charge in [-0.05, 0) is 51.1 Å². The Labute approximate surface area is 194 Å². The van der Waals surface area contributed by atoms with E-state index in [-0.39, 0.29) is 16.9 Å². The van der Waals surface area contributed by atoms with Crippen molar-refractivity contribution in [2.45, 2.75) is 84.3 Å². The van der Waals surface area contributed by atoms with Crippen molar-refractivity contribution in [1.82, 2.24) is 0 Å². The van der Waals surface area contributed by atoms with Gasteiger partial charge in [0.15, 0.2) is 21.9 Å². The van der Waals surface area contributed by atoms with Gasteiger partial charge in [-0.15, -0.1) is 0 Å². The Morgan fingerprint density at radius 2 is 1.34 bits per heavy atom. The highest BCUT2D eigenvalue weighted by Gasteiger charge is 2.69. The molecule has 32 heavy (non-hydrogen) atoms. The van der Waals surface area contributed by atoms with Crippen molar-refractivity contribution >= 4 is 47.9 Å². The topological polar surface area (TPSA) is 91.3 Å². The van der Waals surface area contributed by atoms with Crippen LogP contribution in [0.5, 0.6) is 0 Å². The molecule has 0 rings (SSSR count). The molecule has 0 heterocycles. The summed E-state index contributed by atoms with van der Waals surface area (Å²) >= 11 is 0. The Morgan fingerprint density at radius 3 is 1.62 bits per heavy atom. The van der Waals surface area contributed by atoms with Crippen molar-refractivity contribution in [3.05, 3.63) is 12.2 Å². The summed E-state index contributed by atoms with van der Waals surface area (Å²) in [5, 5.41) is 6.54. The van der Waals surface area contributed by atoms with E-state index in [1.807, 2.05) is 0 Å². The lowest BCUT2D eigenvalue weighted by Gasteiger charge is -2.51. The maximum atomic E-state index is 14.0. The average molecular weight is 535 g/mol. The standard InChI is InChI=1S/C18H37F3O7Si4/c1-16(2,3)12-17(13-18(19,20)21,25-15(24)11-10-14(22)23)32(26-29,27-30(4,5)6)28-31(7,8)9/h10-11H,12-13H2,1-9,29H3,(H,22,23)/b11-10+. The summed E-state index contributed by atoms with van der Waals surface area (Å²) in [7, 11) is -9.49. The van der Waals surface area contributed by atoms with Crippen molar-refractivity contribution in [1.29, 1.82) is 0 Å². The second-order valence-electron chi connectivity index (χ2n) is 10.8. The fourth-order valence-corrected chi connectivity index (χ4v) is 16.8. The lowest BCUT2D eigenvalue weighted by molar-refractivity contribution is -0.190. The molecule has 0 aliphatic heterocycles. The first kappa shape index (κ1) is 31.2. The van der Waals surface area contributed by atoms with Gasteiger partial charge in [-0.1, -0.05) is 20.8 Å². The molecule has 188 valence electrons. The van der Waals surface area contributed by atoms with E-state index in [1.54, 1.807) is 60.1 Å². The highest BCUT2D eigenvalue weighted by Crippen LogP contribution is 2.47. The Morgan fingerprint density at radius 1 is 0.906 bits per heavy atom. The van der Waals surface area contributed by atoms with Gasteiger partial charge in [0.25, 0.3) is 0 Å². The summed E-state index contributed by atoms with van der Waals surface area (Å²) in [5.74, 6) is -2.66. The molecule has 0 aromatic rings. The zero-order valence-corrected chi connectivity index (χ0v) is 25.6. The Bertz CT molecular complexity index is 661. The fourth-order valence-electron chi connectivity index (χ4n) is 3.24. The average Bonchev–Trinajstić information content (AvgIpc) is 2.45. The fraction of sp³-hybridized carbons (Fsp3) is 0.778. The molecule has 0 aliphatic carbocycles. The molecule has 0 fully saturated rings. The maximum absolute atomic E-state index is 14.0. The number of aliphatic carboxylic acids is 1. The van der Waals surface area contributed by atoms with E-state index < -0.39 is 60.6 Å². The SMILES string of the molecule is CC(C)(C)CC(CC(F)(F)F)(OC(=O)/C=C/C(=O)O)[Si](O[SiH3])(O[Si](C)(C)C)O[Si](C)(C)C. The molecule has 0 bridgehead atoms. The smallest absolute Gasteiger partial charge is 0.478 e. The highest BCUT2D eigenvalue weighted by molar-refractivity contribution is 6.87. The summed E-state index contributed by atoms with van der Waals surface area (Å²) < 4.78 is 66.1. The molecule has 7 nitrogen and oxygen atoms in total. The van der Waals surface area contributed by atoms with Gasteiger partial charge in [-0.3, -0.25) is 0 Å². The van der Waals surface area contributed by atoms with Gasteiger partial charge >= 0.3 is 26.9 Å². The first-order valence-corrected chi connectivity index (χ1v) is 19.5. The zero-order chi connectivity index (χ0) is 25.8. The van der Waals surface area contributed by atoms with Gasteiger partial charge in [0.05, 0.1) is 6.42 Å². The summed E-state index contributed by atoms with van der Waals surface area (Å²) in [6, 6.07) is 0. The van der Waals surface area contributed by atoms with E-state index >= 15 is 0 Å². The zero-order valence-electron chi connectivity index (χ0n) is 20.6. The first-order valence-electron chi connectivity index (χ1n) is 10.1. The maximum Gasteiger partial charge on any atom is 0.515 e. The summed E-state index contributed by atoms with van der Waals surface area (Å²) in [6.45, 7) is 15.9. The van der Waals surface area contributed by atoms with Crippen LogP contribution in [0.3, 0.4) is 0 Å². The summed E-state index contributed by atoms with van der Waals surface area (Å²) in [6.07, 6.45) is -5.43. The molecule has 0 saturated carbocycles. The number of rotatable bonds is 11. The van der Waals surface area contributed by atoms with Crippen LogP contribution in [0.2, 0.25) is 39.3 Å². The molecule has 0 spiro atoms. The Balaban J connectivity index is 7.15. The molecule has 0 aromatic heterocycles. The third-order valence-electron chi connectivity index (χ3n) is 3.67. The summed E-state index contributed by atoms with van der Waals surface area (Å²) in [5.41, 5.74) is -0.744. The molecule has 0 saturated heterocycles. The van der Waals surface area contributed by atoms with Crippen LogP contribution in [-0.4, -0.2) is 64.4 Å². The Hall–Kier alpha value is -0.782. The van der Waals surface area contributed by atoms with Gasteiger partial charge in [-0.25, -0.2) is 9.59 Å². The lowest BCUT2D eigenvalue weighted by atomic mass is 9.87. The van der Waals surface area contributed by atoms with Crippen LogP contribution < -0.4 is 0 Å². The van der Waals surface area contributed by atoms with Crippen molar-refractivity contribution in [3.8, 4) is 0 Å². The normalized spacial score (nSPS) is 16.2. The van der Waals surface area contributed by atoms with Crippen LogP contribution in [0.4, 0.5) is 13.2 Å².